The average Bonchev–Trinajstić information content (AvgIpc) is 2.12. The van der Waals surface area contributed by atoms with Gasteiger partial charge < -0.3 is 0 Å². The Bertz CT molecular complexity index is 128. The first-order valence-electron chi connectivity index (χ1n) is 5.65. The molecule has 4 unspecified atom stereocenters. The zero-order valence-corrected chi connectivity index (χ0v) is 9.14. The van der Waals surface area contributed by atoms with Crippen LogP contribution in [0.15, 0.2) is 0 Å². The molecule has 0 nitrogen and oxygen atoms in total. The topological polar surface area (TPSA) is 0 Å². The Morgan fingerprint density at radius 3 is 2.25 bits per heavy atom. The van der Waals surface area contributed by atoms with Crippen LogP contribution in [0.25, 0.3) is 0 Å². The van der Waals surface area contributed by atoms with Crippen molar-refractivity contribution in [2.75, 3.05) is 0 Å². The van der Waals surface area contributed by atoms with Gasteiger partial charge in [-0.2, -0.15) is 0 Å². The second kappa shape index (κ2) is 4.30. The van der Waals surface area contributed by atoms with Crippen molar-refractivity contribution >= 4 is 0 Å². The van der Waals surface area contributed by atoms with Gasteiger partial charge in [0, 0.05) is 0 Å². The summed E-state index contributed by atoms with van der Waals surface area (Å²) in [4.78, 5) is 0. The van der Waals surface area contributed by atoms with Crippen molar-refractivity contribution in [1.29, 1.82) is 0 Å². The minimum atomic E-state index is 0.961. The lowest BCUT2D eigenvalue weighted by Crippen LogP contribution is -2.17. The van der Waals surface area contributed by atoms with Crippen LogP contribution >= 0.6 is 0 Å². The lowest BCUT2D eigenvalue weighted by molar-refractivity contribution is 0.246. The van der Waals surface area contributed by atoms with Crippen LogP contribution in [0.2, 0.25) is 0 Å². The van der Waals surface area contributed by atoms with Crippen LogP contribution in [0.5, 0.6) is 0 Å². The fourth-order valence-electron chi connectivity index (χ4n) is 3.05. The molecule has 0 saturated heterocycles. The quantitative estimate of drug-likeness (QED) is 0.517. The highest BCUT2D eigenvalue weighted by Crippen LogP contribution is 2.37. The first-order chi connectivity index (χ1) is 5.65. The van der Waals surface area contributed by atoms with E-state index in [1.165, 1.54) is 25.7 Å². The highest BCUT2D eigenvalue weighted by Gasteiger charge is 2.26. The van der Waals surface area contributed by atoms with Crippen LogP contribution < -0.4 is 0 Å². The van der Waals surface area contributed by atoms with Gasteiger partial charge in [-0.1, -0.05) is 47.0 Å². The third kappa shape index (κ3) is 2.24. The smallest absolute Gasteiger partial charge is 0.0365 e. The van der Waals surface area contributed by atoms with Crippen molar-refractivity contribution in [3.8, 4) is 0 Å². The van der Waals surface area contributed by atoms with E-state index in [0.717, 1.165) is 23.7 Å². The minimum absolute atomic E-state index is 0.961. The normalized spacial score (nSPS) is 44.0. The average molecular weight is 168 g/mol. The first kappa shape index (κ1) is 10.1. The van der Waals surface area contributed by atoms with Gasteiger partial charge in [-0.15, -0.1) is 0 Å². The van der Waals surface area contributed by atoms with E-state index in [1.807, 2.05) is 0 Å². The highest BCUT2D eigenvalue weighted by molar-refractivity contribution is 4.77. The predicted molar refractivity (Wildman–Crippen MR) is 55.1 cm³/mol. The van der Waals surface area contributed by atoms with Crippen molar-refractivity contribution in [3.05, 3.63) is 0 Å². The second-order valence-corrected chi connectivity index (χ2v) is 4.94. The van der Waals surface area contributed by atoms with Gasteiger partial charge in [-0.05, 0) is 30.1 Å². The fraction of sp³-hybridized carbons (Fsp3) is 1.00. The van der Waals surface area contributed by atoms with Crippen molar-refractivity contribution in [2.45, 2.75) is 53.4 Å². The zero-order chi connectivity index (χ0) is 9.14. The summed E-state index contributed by atoms with van der Waals surface area (Å²) in [6.07, 6.45) is 5.77. The Morgan fingerprint density at radius 1 is 1.00 bits per heavy atom. The van der Waals surface area contributed by atoms with Crippen molar-refractivity contribution < 1.29 is 0 Å². The molecule has 72 valence electrons. The van der Waals surface area contributed by atoms with Gasteiger partial charge in [-0.3, -0.25) is 0 Å². The molecule has 1 aliphatic carbocycles. The molecule has 1 rings (SSSR count). The summed E-state index contributed by atoms with van der Waals surface area (Å²) in [5.41, 5.74) is 0. The van der Waals surface area contributed by atoms with E-state index in [9.17, 15) is 0 Å². The van der Waals surface area contributed by atoms with Gasteiger partial charge in [-0.25, -0.2) is 0 Å². The molecule has 1 fully saturated rings. The standard InChI is InChI=1S/C12H24/c1-5-12-10(3)7-6-9(2)8-11(12)4/h9-12H,5-8H2,1-4H3. The highest BCUT2D eigenvalue weighted by atomic mass is 14.3. The molecule has 0 amide bonds. The van der Waals surface area contributed by atoms with E-state index >= 15 is 0 Å². The van der Waals surface area contributed by atoms with Crippen molar-refractivity contribution in [1.82, 2.24) is 0 Å². The van der Waals surface area contributed by atoms with Gasteiger partial charge in [0.25, 0.3) is 0 Å². The molecule has 0 aromatic carbocycles. The number of hydrogen-bond donors (Lipinski definition) is 0. The second-order valence-electron chi connectivity index (χ2n) is 4.94. The monoisotopic (exact) mass is 168 g/mol. The molecule has 0 N–H and O–H groups in total. The van der Waals surface area contributed by atoms with Crippen molar-refractivity contribution in [2.24, 2.45) is 23.7 Å². The van der Waals surface area contributed by atoms with Crippen LogP contribution in [0.4, 0.5) is 0 Å². The summed E-state index contributed by atoms with van der Waals surface area (Å²) in [6, 6.07) is 0. The molecule has 1 saturated carbocycles. The molecule has 0 aromatic rings. The molecule has 0 aliphatic heterocycles. The zero-order valence-electron chi connectivity index (χ0n) is 9.14. The Labute approximate surface area is 77.7 Å². The summed E-state index contributed by atoms with van der Waals surface area (Å²) >= 11 is 0. The molecular weight excluding hydrogens is 144 g/mol. The van der Waals surface area contributed by atoms with Gasteiger partial charge in [0.2, 0.25) is 0 Å². The lowest BCUT2D eigenvalue weighted by Gasteiger charge is -2.25. The number of hydrogen-bond acceptors (Lipinski definition) is 0. The predicted octanol–water partition coefficient (Wildman–Crippen LogP) is 4.10. The van der Waals surface area contributed by atoms with E-state index in [-0.39, 0.29) is 0 Å². The molecule has 0 spiro atoms. The summed E-state index contributed by atoms with van der Waals surface area (Å²) < 4.78 is 0. The molecule has 0 heterocycles. The largest absolute Gasteiger partial charge is 0.0651 e. The lowest BCUT2D eigenvalue weighted by atomic mass is 9.80. The van der Waals surface area contributed by atoms with Crippen LogP contribution in [0.1, 0.15) is 53.4 Å². The van der Waals surface area contributed by atoms with Crippen LogP contribution in [-0.2, 0) is 0 Å². The third-order valence-electron chi connectivity index (χ3n) is 3.82. The van der Waals surface area contributed by atoms with Gasteiger partial charge in [0.05, 0.1) is 0 Å². The summed E-state index contributed by atoms with van der Waals surface area (Å²) in [5, 5.41) is 0. The van der Waals surface area contributed by atoms with Gasteiger partial charge in [0.15, 0.2) is 0 Å². The molecule has 0 heteroatoms. The van der Waals surface area contributed by atoms with E-state index < -0.39 is 0 Å². The van der Waals surface area contributed by atoms with E-state index in [2.05, 4.69) is 27.7 Å². The Kier molecular flexibility index (Phi) is 3.61. The van der Waals surface area contributed by atoms with E-state index in [4.69, 9.17) is 0 Å². The molecular formula is C12H24. The fourth-order valence-corrected chi connectivity index (χ4v) is 3.05. The van der Waals surface area contributed by atoms with Gasteiger partial charge >= 0.3 is 0 Å². The van der Waals surface area contributed by atoms with Crippen molar-refractivity contribution in [3.63, 3.8) is 0 Å². The Morgan fingerprint density at radius 2 is 1.67 bits per heavy atom. The summed E-state index contributed by atoms with van der Waals surface area (Å²) in [5.74, 6) is 3.89. The molecule has 0 bridgehead atoms. The maximum Gasteiger partial charge on any atom is -0.0365 e. The maximum atomic E-state index is 2.45. The molecule has 1 aliphatic rings. The van der Waals surface area contributed by atoms with E-state index in [1.54, 1.807) is 0 Å². The number of rotatable bonds is 1. The molecule has 4 atom stereocenters. The van der Waals surface area contributed by atoms with Crippen LogP contribution in [0.3, 0.4) is 0 Å². The summed E-state index contributed by atoms with van der Waals surface area (Å²) in [7, 11) is 0. The summed E-state index contributed by atoms with van der Waals surface area (Å²) in [6.45, 7) is 9.67. The third-order valence-corrected chi connectivity index (χ3v) is 3.82. The minimum Gasteiger partial charge on any atom is -0.0651 e. The molecule has 0 radical (unpaired) electrons. The van der Waals surface area contributed by atoms with E-state index in [0.29, 0.717) is 0 Å². The van der Waals surface area contributed by atoms with Crippen LogP contribution in [0, 0.1) is 23.7 Å². The first-order valence-corrected chi connectivity index (χ1v) is 5.65. The maximum absolute atomic E-state index is 2.45. The SMILES string of the molecule is CCC1C(C)CCC(C)CC1C. The van der Waals surface area contributed by atoms with Gasteiger partial charge in [0.1, 0.15) is 0 Å². The molecule has 0 aromatic heterocycles. The van der Waals surface area contributed by atoms with Crippen LogP contribution in [-0.4, -0.2) is 0 Å². The molecule has 12 heavy (non-hydrogen) atoms. The Hall–Kier alpha value is 0. The Balaban J connectivity index is 2.58.